The maximum Gasteiger partial charge on any atom is 0.249 e. The first-order valence-electron chi connectivity index (χ1n) is 13.6. The van der Waals surface area contributed by atoms with Crippen molar-refractivity contribution >= 4 is 28.3 Å². The fourth-order valence-electron chi connectivity index (χ4n) is 4.70. The summed E-state index contributed by atoms with van der Waals surface area (Å²) in [6.45, 7) is 4.97. The van der Waals surface area contributed by atoms with Gasteiger partial charge in [-0.1, -0.05) is 112 Å². The molecule has 2 amide bonds. The van der Waals surface area contributed by atoms with Gasteiger partial charge in [0.25, 0.3) is 0 Å². The number of carbonyl (C=O) groups is 2. The summed E-state index contributed by atoms with van der Waals surface area (Å²) in [4.78, 5) is 27.5. The third kappa shape index (κ3) is 9.02. The molecule has 1 fully saturated rings. The molecule has 0 spiro atoms. The maximum atomic E-state index is 12.9. The number of hydrogen-bond acceptors (Lipinski definition) is 5. The normalized spacial score (nSPS) is 15.5. The molecule has 1 aliphatic rings. The molecule has 2 heterocycles. The molecule has 1 aliphatic heterocycles. The van der Waals surface area contributed by atoms with Gasteiger partial charge in [0.1, 0.15) is 11.0 Å². The molecule has 0 bridgehead atoms. The van der Waals surface area contributed by atoms with Crippen LogP contribution in [0.1, 0.15) is 102 Å². The number of nitrogens with zero attached hydrogens (tertiary/aromatic N) is 3. The summed E-state index contributed by atoms with van der Waals surface area (Å²) < 4.78 is 0. The molecule has 7 heteroatoms. The van der Waals surface area contributed by atoms with E-state index in [1.54, 1.807) is 4.90 Å². The number of aromatic nitrogens is 2. The molecule has 3 rings (SSSR count). The molecule has 1 unspecified atom stereocenters. The van der Waals surface area contributed by atoms with E-state index in [0.29, 0.717) is 24.5 Å². The highest BCUT2D eigenvalue weighted by atomic mass is 32.1. The van der Waals surface area contributed by atoms with Crippen molar-refractivity contribution in [3.63, 3.8) is 0 Å². The van der Waals surface area contributed by atoms with Crippen LogP contribution in [0.4, 0.5) is 5.13 Å². The molecule has 1 aromatic carbocycles. The van der Waals surface area contributed by atoms with Crippen LogP contribution >= 0.6 is 11.3 Å². The largest absolute Gasteiger partial charge is 0.331 e. The molecule has 35 heavy (non-hydrogen) atoms. The molecular weight excluding hydrogens is 456 g/mol. The number of hydrogen-bond donors (Lipinski definition) is 1. The molecule has 1 aromatic heterocycles. The van der Waals surface area contributed by atoms with Gasteiger partial charge in [0, 0.05) is 18.5 Å². The van der Waals surface area contributed by atoms with Crippen molar-refractivity contribution in [3.05, 3.63) is 29.8 Å². The first-order chi connectivity index (χ1) is 17.1. The van der Waals surface area contributed by atoms with Crippen molar-refractivity contribution in [1.82, 2.24) is 15.1 Å². The molecular formula is C28H42N4O2S. The van der Waals surface area contributed by atoms with Crippen LogP contribution in [0.5, 0.6) is 0 Å². The molecule has 1 saturated heterocycles. The second-order valence-electron chi connectivity index (χ2n) is 9.80. The minimum absolute atomic E-state index is 0.108. The SMILES string of the molecule is CCCCCCCCCCCCCC(=O)N1CCCC1C(=O)Nc1nnc(-c2ccc(C)cc2)s1. The number of rotatable bonds is 15. The van der Waals surface area contributed by atoms with Crippen LogP contribution in [0.15, 0.2) is 24.3 Å². The monoisotopic (exact) mass is 498 g/mol. The smallest absolute Gasteiger partial charge is 0.249 e. The van der Waals surface area contributed by atoms with E-state index in [9.17, 15) is 9.59 Å². The second kappa shape index (κ2) is 15.0. The van der Waals surface area contributed by atoms with Gasteiger partial charge in [-0.15, -0.1) is 10.2 Å². The summed E-state index contributed by atoms with van der Waals surface area (Å²) in [6.07, 6.45) is 16.0. The van der Waals surface area contributed by atoms with Crippen LogP contribution in [-0.2, 0) is 9.59 Å². The van der Waals surface area contributed by atoms with Gasteiger partial charge < -0.3 is 4.90 Å². The van der Waals surface area contributed by atoms with Gasteiger partial charge in [-0.25, -0.2) is 0 Å². The second-order valence-corrected chi connectivity index (χ2v) is 10.8. The first-order valence-corrected chi connectivity index (χ1v) is 14.4. The number of nitrogens with one attached hydrogen (secondary N) is 1. The van der Waals surface area contributed by atoms with E-state index in [-0.39, 0.29) is 11.8 Å². The van der Waals surface area contributed by atoms with Gasteiger partial charge >= 0.3 is 0 Å². The minimum Gasteiger partial charge on any atom is -0.331 e. The van der Waals surface area contributed by atoms with Crippen molar-refractivity contribution in [1.29, 1.82) is 0 Å². The molecule has 192 valence electrons. The van der Waals surface area contributed by atoms with Gasteiger partial charge in [-0.05, 0) is 26.2 Å². The van der Waals surface area contributed by atoms with E-state index in [1.807, 2.05) is 31.2 Å². The van der Waals surface area contributed by atoms with Gasteiger partial charge in [0.05, 0.1) is 0 Å². The van der Waals surface area contributed by atoms with E-state index >= 15 is 0 Å². The molecule has 1 N–H and O–H groups in total. The highest BCUT2D eigenvalue weighted by Crippen LogP contribution is 2.28. The molecule has 0 saturated carbocycles. The fourth-order valence-corrected chi connectivity index (χ4v) is 5.45. The summed E-state index contributed by atoms with van der Waals surface area (Å²) in [5.74, 6) is -0.0439. The highest BCUT2D eigenvalue weighted by molar-refractivity contribution is 7.18. The Balaban J connectivity index is 1.34. The van der Waals surface area contributed by atoms with Crippen LogP contribution in [0.25, 0.3) is 10.6 Å². The predicted octanol–water partition coefficient (Wildman–Crippen LogP) is 7.14. The summed E-state index contributed by atoms with van der Waals surface area (Å²) in [5.41, 5.74) is 2.17. The Morgan fingerprint density at radius 1 is 0.943 bits per heavy atom. The lowest BCUT2D eigenvalue weighted by molar-refractivity contribution is -0.136. The predicted molar refractivity (Wildman–Crippen MR) is 145 cm³/mol. The highest BCUT2D eigenvalue weighted by Gasteiger charge is 2.34. The minimum atomic E-state index is -0.401. The lowest BCUT2D eigenvalue weighted by Gasteiger charge is -2.23. The van der Waals surface area contributed by atoms with Gasteiger partial charge in [-0.3, -0.25) is 14.9 Å². The van der Waals surface area contributed by atoms with Gasteiger partial charge in [0.2, 0.25) is 16.9 Å². The zero-order valence-corrected chi connectivity index (χ0v) is 22.4. The quantitative estimate of drug-likeness (QED) is 0.265. The standard InChI is InChI=1S/C28H42N4O2S/c1-3-4-5-6-7-8-9-10-11-12-13-16-25(33)32-21-14-15-24(32)26(34)29-28-31-30-27(35-28)23-19-17-22(2)18-20-23/h17-20,24H,3-16,21H2,1-2H3,(H,29,31,34). The zero-order chi connectivity index (χ0) is 24.9. The third-order valence-electron chi connectivity index (χ3n) is 6.82. The third-order valence-corrected chi connectivity index (χ3v) is 7.71. The van der Waals surface area contributed by atoms with Crippen molar-refractivity contribution in [3.8, 4) is 10.6 Å². The fraction of sp³-hybridized carbons (Fsp3) is 0.643. The number of benzene rings is 1. The van der Waals surface area contributed by atoms with Crippen LogP contribution in [0.3, 0.4) is 0 Å². The lowest BCUT2D eigenvalue weighted by atomic mass is 10.0. The van der Waals surface area contributed by atoms with E-state index in [0.717, 1.165) is 29.8 Å². The molecule has 0 radical (unpaired) electrons. The van der Waals surface area contributed by atoms with Crippen LogP contribution in [0, 0.1) is 6.92 Å². The molecule has 0 aliphatic carbocycles. The average molecular weight is 499 g/mol. The average Bonchev–Trinajstić information content (AvgIpc) is 3.53. The van der Waals surface area contributed by atoms with E-state index < -0.39 is 6.04 Å². The topological polar surface area (TPSA) is 75.2 Å². The van der Waals surface area contributed by atoms with Crippen LogP contribution in [-0.4, -0.2) is 39.5 Å². The van der Waals surface area contributed by atoms with E-state index in [4.69, 9.17) is 0 Å². The first kappa shape index (κ1) is 27.3. The Morgan fingerprint density at radius 3 is 2.23 bits per heavy atom. The van der Waals surface area contributed by atoms with Crippen molar-refractivity contribution in [2.24, 2.45) is 0 Å². The van der Waals surface area contributed by atoms with Crippen LogP contribution < -0.4 is 5.32 Å². The summed E-state index contributed by atoms with van der Waals surface area (Å²) in [6, 6.07) is 7.68. The molecule has 6 nitrogen and oxygen atoms in total. The summed E-state index contributed by atoms with van der Waals surface area (Å²) >= 11 is 1.36. The number of carbonyl (C=O) groups excluding carboxylic acids is 2. The number of likely N-dealkylation sites (tertiary alicyclic amines) is 1. The number of unbranched alkanes of at least 4 members (excludes halogenated alkanes) is 10. The van der Waals surface area contributed by atoms with Gasteiger partial charge in [-0.2, -0.15) is 0 Å². The summed E-state index contributed by atoms with van der Waals surface area (Å²) in [5, 5.41) is 12.5. The Hall–Kier alpha value is -2.28. The van der Waals surface area contributed by atoms with Crippen molar-refractivity contribution in [2.45, 2.75) is 110 Å². The molecule has 2 aromatic rings. The Labute approximate surface area is 214 Å². The van der Waals surface area contributed by atoms with E-state index in [1.165, 1.54) is 74.7 Å². The zero-order valence-electron chi connectivity index (χ0n) is 21.6. The lowest BCUT2D eigenvalue weighted by Crippen LogP contribution is -2.43. The maximum absolute atomic E-state index is 12.9. The Kier molecular flexibility index (Phi) is 11.7. The Morgan fingerprint density at radius 2 is 1.57 bits per heavy atom. The number of amides is 2. The van der Waals surface area contributed by atoms with Gasteiger partial charge in [0.15, 0.2) is 0 Å². The van der Waals surface area contributed by atoms with Crippen molar-refractivity contribution in [2.75, 3.05) is 11.9 Å². The van der Waals surface area contributed by atoms with Crippen molar-refractivity contribution < 1.29 is 9.59 Å². The molecule has 1 atom stereocenters. The Bertz CT molecular complexity index is 912. The summed E-state index contributed by atoms with van der Waals surface area (Å²) in [7, 11) is 0. The van der Waals surface area contributed by atoms with Crippen LogP contribution in [0.2, 0.25) is 0 Å². The number of aryl methyl sites for hydroxylation is 1. The number of anilines is 1. The van der Waals surface area contributed by atoms with E-state index in [2.05, 4.69) is 22.4 Å².